The summed E-state index contributed by atoms with van der Waals surface area (Å²) in [6.45, 7) is 10.6. The van der Waals surface area contributed by atoms with Crippen molar-refractivity contribution >= 4 is 11.8 Å². The minimum absolute atomic E-state index is 0.0195. The van der Waals surface area contributed by atoms with Gasteiger partial charge in [-0.25, -0.2) is 0 Å². The van der Waals surface area contributed by atoms with Crippen molar-refractivity contribution in [3.63, 3.8) is 0 Å². The standard InChI is InChI=1S/C24H36N4O3/c1-19-2-4-20(5-3-19)18-28-11-8-25-24(30)22(28)16-23(29)27-9-6-21(7-10-27)17-26-12-14-31-15-13-26/h2-5,21-22H,6-18H2,1H3,(H,25,30)/t22-/m1/s1. The quantitative estimate of drug-likeness (QED) is 0.739. The Bertz CT molecular complexity index is 740. The Morgan fingerprint density at radius 1 is 1.06 bits per heavy atom. The molecule has 1 aromatic carbocycles. The van der Waals surface area contributed by atoms with Crippen LogP contribution in [0.4, 0.5) is 0 Å². The molecule has 170 valence electrons. The second-order valence-electron chi connectivity index (χ2n) is 9.20. The number of hydrogen-bond acceptors (Lipinski definition) is 5. The second-order valence-corrected chi connectivity index (χ2v) is 9.20. The molecule has 3 saturated heterocycles. The highest BCUT2D eigenvalue weighted by molar-refractivity contribution is 5.88. The number of benzene rings is 1. The molecule has 0 aromatic heterocycles. The van der Waals surface area contributed by atoms with Crippen molar-refractivity contribution in [2.45, 2.75) is 38.8 Å². The molecule has 1 aromatic rings. The number of rotatable bonds is 6. The highest BCUT2D eigenvalue weighted by Gasteiger charge is 2.34. The summed E-state index contributed by atoms with van der Waals surface area (Å²) in [6.07, 6.45) is 2.37. The van der Waals surface area contributed by atoms with Gasteiger partial charge < -0.3 is 15.0 Å². The van der Waals surface area contributed by atoms with Gasteiger partial charge >= 0.3 is 0 Å². The van der Waals surface area contributed by atoms with Gasteiger partial charge in [0, 0.05) is 52.4 Å². The number of ether oxygens (including phenoxy) is 1. The molecule has 0 bridgehead atoms. The first-order chi connectivity index (χ1) is 15.1. The Morgan fingerprint density at radius 3 is 2.48 bits per heavy atom. The number of nitrogens with zero attached hydrogens (tertiary/aromatic N) is 3. The van der Waals surface area contributed by atoms with Gasteiger partial charge in [-0.3, -0.25) is 19.4 Å². The minimum Gasteiger partial charge on any atom is -0.379 e. The van der Waals surface area contributed by atoms with Crippen molar-refractivity contribution < 1.29 is 14.3 Å². The Balaban J connectivity index is 1.28. The second kappa shape index (κ2) is 10.6. The number of piperidine rings is 1. The van der Waals surface area contributed by atoms with Gasteiger partial charge in [-0.2, -0.15) is 0 Å². The fourth-order valence-corrected chi connectivity index (χ4v) is 4.91. The summed E-state index contributed by atoms with van der Waals surface area (Å²) in [5, 5.41) is 2.95. The molecule has 0 radical (unpaired) electrons. The van der Waals surface area contributed by atoms with Crippen LogP contribution < -0.4 is 5.32 Å². The molecule has 31 heavy (non-hydrogen) atoms. The molecular formula is C24H36N4O3. The van der Waals surface area contributed by atoms with Crippen LogP contribution in [0.15, 0.2) is 24.3 Å². The first-order valence-corrected chi connectivity index (χ1v) is 11.7. The van der Waals surface area contributed by atoms with Crippen molar-refractivity contribution in [1.29, 1.82) is 0 Å². The third-order valence-electron chi connectivity index (χ3n) is 6.90. The van der Waals surface area contributed by atoms with E-state index in [2.05, 4.69) is 46.3 Å². The fourth-order valence-electron chi connectivity index (χ4n) is 4.91. The molecule has 0 saturated carbocycles. The SMILES string of the molecule is Cc1ccc(CN2CCNC(=O)[C@H]2CC(=O)N2CCC(CN3CCOCC3)CC2)cc1. The zero-order chi connectivity index (χ0) is 21.6. The van der Waals surface area contributed by atoms with Crippen LogP contribution in [0, 0.1) is 12.8 Å². The van der Waals surface area contributed by atoms with Crippen LogP contribution in [0.3, 0.4) is 0 Å². The fraction of sp³-hybridized carbons (Fsp3) is 0.667. The number of morpholine rings is 1. The number of carbonyl (C=O) groups is 2. The van der Waals surface area contributed by atoms with E-state index in [4.69, 9.17) is 4.74 Å². The largest absolute Gasteiger partial charge is 0.379 e. The van der Waals surface area contributed by atoms with Crippen LogP contribution in [0.5, 0.6) is 0 Å². The maximum Gasteiger partial charge on any atom is 0.237 e. The highest BCUT2D eigenvalue weighted by Crippen LogP contribution is 2.21. The normalized spacial score (nSPS) is 24.2. The Kier molecular flexibility index (Phi) is 7.58. The van der Waals surface area contributed by atoms with Crippen molar-refractivity contribution in [3.05, 3.63) is 35.4 Å². The van der Waals surface area contributed by atoms with E-state index < -0.39 is 0 Å². The average molecular weight is 429 g/mol. The third-order valence-corrected chi connectivity index (χ3v) is 6.90. The van der Waals surface area contributed by atoms with Crippen LogP contribution in [0.1, 0.15) is 30.4 Å². The molecule has 1 N–H and O–H groups in total. The lowest BCUT2D eigenvalue weighted by Gasteiger charge is -2.38. The van der Waals surface area contributed by atoms with Crippen LogP contribution >= 0.6 is 0 Å². The molecule has 3 aliphatic rings. The van der Waals surface area contributed by atoms with E-state index in [0.717, 1.165) is 65.3 Å². The van der Waals surface area contributed by atoms with E-state index in [0.29, 0.717) is 19.0 Å². The van der Waals surface area contributed by atoms with E-state index >= 15 is 0 Å². The monoisotopic (exact) mass is 428 g/mol. The summed E-state index contributed by atoms with van der Waals surface area (Å²) in [6, 6.07) is 8.04. The molecule has 0 aliphatic carbocycles. The molecule has 7 nitrogen and oxygen atoms in total. The van der Waals surface area contributed by atoms with Crippen molar-refractivity contribution in [3.8, 4) is 0 Å². The van der Waals surface area contributed by atoms with Gasteiger partial charge in [0.15, 0.2) is 0 Å². The molecule has 4 rings (SSSR count). The molecule has 0 spiro atoms. The van der Waals surface area contributed by atoms with Gasteiger partial charge in [0.2, 0.25) is 11.8 Å². The lowest BCUT2D eigenvalue weighted by molar-refractivity contribution is -0.140. The van der Waals surface area contributed by atoms with Crippen LogP contribution in [0.25, 0.3) is 0 Å². The van der Waals surface area contributed by atoms with E-state index in [1.165, 1.54) is 11.1 Å². The molecule has 3 fully saturated rings. The number of carbonyl (C=O) groups excluding carboxylic acids is 2. The topological polar surface area (TPSA) is 65.1 Å². The molecule has 0 unspecified atom stereocenters. The maximum atomic E-state index is 13.0. The van der Waals surface area contributed by atoms with Crippen LogP contribution in [-0.4, -0.2) is 91.6 Å². The predicted molar refractivity (Wildman–Crippen MR) is 120 cm³/mol. The number of likely N-dealkylation sites (tertiary alicyclic amines) is 1. The summed E-state index contributed by atoms with van der Waals surface area (Å²) in [4.78, 5) is 32.3. The molecular weight excluding hydrogens is 392 g/mol. The first-order valence-electron chi connectivity index (χ1n) is 11.7. The van der Waals surface area contributed by atoms with E-state index in [1.807, 2.05) is 4.90 Å². The predicted octanol–water partition coefficient (Wildman–Crippen LogP) is 1.26. The maximum absolute atomic E-state index is 13.0. The minimum atomic E-state index is -0.381. The van der Waals surface area contributed by atoms with Gasteiger partial charge in [-0.1, -0.05) is 29.8 Å². The van der Waals surface area contributed by atoms with Crippen molar-refractivity contribution in [1.82, 2.24) is 20.0 Å². The molecule has 7 heteroatoms. The Morgan fingerprint density at radius 2 is 1.77 bits per heavy atom. The van der Waals surface area contributed by atoms with E-state index in [1.54, 1.807) is 0 Å². The number of nitrogens with one attached hydrogen (secondary N) is 1. The summed E-state index contributed by atoms with van der Waals surface area (Å²) in [7, 11) is 0. The van der Waals surface area contributed by atoms with E-state index in [-0.39, 0.29) is 24.3 Å². The Hall–Kier alpha value is -1.96. The number of aryl methyl sites for hydroxylation is 1. The van der Waals surface area contributed by atoms with E-state index in [9.17, 15) is 9.59 Å². The van der Waals surface area contributed by atoms with Crippen LogP contribution in [0.2, 0.25) is 0 Å². The molecule has 3 aliphatic heterocycles. The van der Waals surface area contributed by atoms with Gasteiger partial charge in [0.05, 0.1) is 25.7 Å². The van der Waals surface area contributed by atoms with Gasteiger partial charge in [-0.05, 0) is 31.2 Å². The summed E-state index contributed by atoms with van der Waals surface area (Å²) >= 11 is 0. The molecule has 2 amide bonds. The smallest absolute Gasteiger partial charge is 0.237 e. The number of amides is 2. The summed E-state index contributed by atoms with van der Waals surface area (Å²) in [5.74, 6) is 0.743. The zero-order valence-corrected chi connectivity index (χ0v) is 18.7. The number of hydrogen-bond donors (Lipinski definition) is 1. The van der Waals surface area contributed by atoms with Crippen LogP contribution in [-0.2, 0) is 20.9 Å². The first kappa shape index (κ1) is 22.2. The molecule has 3 heterocycles. The van der Waals surface area contributed by atoms with Gasteiger partial charge in [-0.15, -0.1) is 0 Å². The average Bonchev–Trinajstić information content (AvgIpc) is 2.79. The Labute approximate surface area is 185 Å². The third kappa shape index (κ3) is 6.05. The summed E-state index contributed by atoms with van der Waals surface area (Å²) < 4.78 is 5.44. The lowest BCUT2D eigenvalue weighted by atomic mass is 9.95. The summed E-state index contributed by atoms with van der Waals surface area (Å²) in [5.41, 5.74) is 2.41. The number of piperazine rings is 1. The van der Waals surface area contributed by atoms with Gasteiger partial charge in [0.25, 0.3) is 0 Å². The lowest BCUT2D eigenvalue weighted by Crippen LogP contribution is -2.56. The van der Waals surface area contributed by atoms with Crippen molar-refractivity contribution in [2.75, 3.05) is 59.0 Å². The molecule has 1 atom stereocenters. The highest BCUT2D eigenvalue weighted by atomic mass is 16.5. The zero-order valence-electron chi connectivity index (χ0n) is 18.7. The van der Waals surface area contributed by atoms with Gasteiger partial charge in [0.1, 0.15) is 0 Å². The van der Waals surface area contributed by atoms with Crippen molar-refractivity contribution in [2.24, 2.45) is 5.92 Å².